The summed E-state index contributed by atoms with van der Waals surface area (Å²) in [6.07, 6.45) is 0. The lowest BCUT2D eigenvalue weighted by atomic mass is 10.1. The van der Waals surface area contributed by atoms with E-state index in [4.69, 9.17) is 14.3 Å². The van der Waals surface area contributed by atoms with Gasteiger partial charge in [0.25, 0.3) is 5.91 Å². The van der Waals surface area contributed by atoms with E-state index in [1.807, 2.05) is 0 Å². The SMILES string of the molecule is COc1ccc(C(=O)NCc2cc(C(=O)O)c(C)o2)cc1N1CCNC1=O. The van der Waals surface area contributed by atoms with Crippen molar-refractivity contribution in [2.75, 3.05) is 25.1 Å². The molecule has 1 aromatic heterocycles. The number of aryl methyl sites for hydroxylation is 1. The summed E-state index contributed by atoms with van der Waals surface area (Å²) in [4.78, 5) is 36.9. The van der Waals surface area contributed by atoms with Crippen LogP contribution in [0.1, 0.15) is 32.2 Å². The number of furan rings is 1. The topological polar surface area (TPSA) is 121 Å². The summed E-state index contributed by atoms with van der Waals surface area (Å²) in [6.45, 7) is 2.58. The Morgan fingerprint density at radius 2 is 2.15 bits per heavy atom. The molecule has 1 fully saturated rings. The summed E-state index contributed by atoms with van der Waals surface area (Å²) < 4.78 is 10.6. The second kappa shape index (κ2) is 7.40. The van der Waals surface area contributed by atoms with Gasteiger partial charge in [-0.15, -0.1) is 0 Å². The lowest BCUT2D eigenvalue weighted by Gasteiger charge is -2.18. The average Bonchev–Trinajstić information content (AvgIpc) is 3.24. The Hall–Kier alpha value is -3.49. The summed E-state index contributed by atoms with van der Waals surface area (Å²) in [5, 5.41) is 14.4. The van der Waals surface area contributed by atoms with E-state index < -0.39 is 5.97 Å². The van der Waals surface area contributed by atoms with Gasteiger partial charge in [-0.25, -0.2) is 9.59 Å². The number of methoxy groups -OCH3 is 1. The lowest BCUT2D eigenvalue weighted by molar-refractivity contribution is 0.0694. The molecule has 1 aliphatic rings. The maximum absolute atomic E-state index is 12.5. The molecule has 9 nitrogen and oxygen atoms in total. The van der Waals surface area contributed by atoms with Crippen LogP contribution in [0.4, 0.5) is 10.5 Å². The number of ether oxygens (including phenoxy) is 1. The van der Waals surface area contributed by atoms with Gasteiger partial charge in [0, 0.05) is 18.7 Å². The van der Waals surface area contributed by atoms with Gasteiger partial charge < -0.3 is 24.9 Å². The van der Waals surface area contributed by atoms with Crippen molar-refractivity contribution in [1.82, 2.24) is 10.6 Å². The second-order valence-electron chi connectivity index (χ2n) is 5.94. The molecule has 0 unspecified atom stereocenters. The Bertz CT molecular complexity index is 904. The smallest absolute Gasteiger partial charge is 0.339 e. The second-order valence-corrected chi connectivity index (χ2v) is 5.94. The average molecular weight is 373 g/mol. The van der Waals surface area contributed by atoms with Crippen molar-refractivity contribution in [2.24, 2.45) is 0 Å². The molecule has 1 aliphatic heterocycles. The van der Waals surface area contributed by atoms with Crippen LogP contribution in [0.2, 0.25) is 0 Å². The van der Waals surface area contributed by atoms with Crippen LogP contribution in [0, 0.1) is 6.92 Å². The Balaban J connectivity index is 1.76. The van der Waals surface area contributed by atoms with Gasteiger partial charge in [-0.1, -0.05) is 0 Å². The highest BCUT2D eigenvalue weighted by Gasteiger charge is 2.25. The molecule has 1 aromatic carbocycles. The zero-order valence-corrected chi connectivity index (χ0v) is 14.9. The fourth-order valence-electron chi connectivity index (χ4n) is 2.86. The largest absolute Gasteiger partial charge is 0.495 e. The Kier molecular flexibility index (Phi) is 5.02. The number of carbonyl (C=O) groups excluding carboxylic acids is 2. The van der Waals surface area contributed by atoms with E-state index in [0.29, 0.717) is 35.9 Å². The van der Waals surface area contributed by atoms with Gasteiger partial charge in [0.15, 0.2) is 0 Å². The standard InChI is InChI=1S/C18H19N3O6/c1-10-13(17(23)24)8-12(27-10)9-20-16(22)11-3-4-15(26-2)14(7-11)21-6-5-19-18(21)25/h3-4,7-8H,5-6,9H2,1-2H3,(H,19,25)(H,20,22)(H,23,24). The van der Waals surface area contributed by atoms with Crippen LogP contribution in [0.5, 0.6) is 5.75 Å². The van der Waals surface area contributed by atoms with Crippen LogP contribution < -0.4 is 20.3 Å². The van der Waals surface area contributed by atoms with E-state index in [1.54, 1.807) is 25.1 Å². The molecule has 3 amide bonds. The van der Waals surface area contributed by atoms with Gasteiger partial charge in [-0.05, 0) is 31.2 Å². The first-order valence-corrected chi connectivity index (χ1v) is 8.25. The van der Waals surface area contributed by atoms with E-state index in [2.05, 4.69) is 10.6 Å². The first-order valence-electron chi connectivity index (χ1n) is 8.25. The fourth-order valence-corrected chi connectivity index (χ4v) is 2.86. The number of urea groups is 1. The fraction of sp³-hybridized carbons (Fsp3) is 0.278. The third kappa shape index (κ3) is 3.71. The minimum absolute atomic E-state index is 0.0402. The number of amides is 3. The zero-order valence-electron chi connectivity index (χ0n) is 14.9. The van der Waals surface area contributed by atoms with E-state index in [-0.39, 0.29) is 29.8 Å². The number of benzene rings is 1. The molecule has 0 spiro atoms. The molecule has 0 aliphatic carbocycles. The minimum atomic E-state index is -1.09. The number of carboxylic acids is 1. The number of carbonyl (C=O) groups is 3. The van der Waals surface area contributed by atoms with E-state index in [0.717, 1.165) is 0 Å². The first-order chi connectivity index (χ1) is 12.9. The summed E-state index contributed by atoms with van der Waals surface area (Å²) in [7, 11) is 1.49. The summed E-state index contributed by atoms with van der Waals surface area (Å²) in [6, 6.07) is 5.91. The third-order valence-electron chi connectivity index (χ3n) is 4.21. The van der Waals surface area contributed by atoms with Crippen LogP contribution in [-0.4, -0.2) is 43.2 Å². The highest BCUT2D eigenvalue weighted by atomic mass is 16.5. The van der Waals surface area contributed by atoms with E-state index in [1.165, 1.54) is 18.1 Å². The van der Waals surface area contributed by atoms with Crippen molar-refractivity contribution < 1.29 is 28.6 Å². The predicted octanol–water partition coefficient (Wildman–Crippen LogP) is 1.75. The molecular formula is C18H19N3O6. The molecule has 1 saturated heterocycles. The number of nitrogens with one attached hydrogen (secondary N) is 2. The Labute approximate surface area is 154 Å². The molecule has 2 heterocycles. The molecule has 0 radical (unpaired) electrons. The number of aromatic carboxylic acids is 1. The Morgan fingerprint density at radius 1 is 1.37 bits per heavy atom. The highest BCUT2D eigenvalue weighted by Crippen LogP contribution is 2.30. The first kappa shape index (κ1) is 18.3. The minimum Gasteiger partial charge on any atom is -0.495 e. The van der Waals surface area contributed by atoms with E-state index >= 15 is 0 Å². The van der Waals surface area contributed by atoms with Gasteiger partial charge in [0.1, 0.15) is 22.8 Å². The molecule has 2 aromatic rings. The lowest BCUT2D eigenvalue weighted by Crippen LogP contribution is -2.29. The highest BCUT2D eigenvalue weighted by molar-refractivity contribution is 5.99. The zero-order chi connectivity index (χ0) is 19.6. The molecule has 142 valence electrons. The molecule has 0 saturated carbocycles. The number of nitrogens with zero attached hydrogens (tertiary/aromatic N) is 1. The van der Waals surface area contributed by atoms with Crippen molar-refractivity contribution in [3.05, 3.63) is 46.9 Å². The number of hydrogen-bond donors (Lipinski definition) is 3. The van der Waals surface area contributed by atoms with Crippen molar-refractivity contribution in [3.8, 4) is 5.75 Å². The maximum atomic E-state index is 12.5. The number of anilines is 1. The predicted molar refractivity (Wildman–Crippen MR) is 95.3 cm³/mol. The van der Waals surface area contributed by atoms with Crippen LogP contribution in [0.25, 0.3) is 0 Å². The number of carboxylic acid groups (broad SMARTS) is 1. The molecule has 0 atom stereocenters. The van der Waals surface area contributed by atoms with Crippen LogP contribution in [-0.2, 0) is 6.54 Å². The van der Waals surface area contributed by atoms with Gasteiger partial charge in [0.2, 0.25) is 0 Å². The molecule has 3 rings (SSSR count). The van der Waals surface area contributed by atoms with Gasteiger partial charge in [0.05, 0.1) is 19.3 Å². The Morgan fingerprint density at radius 3 is 2.74 bits per heavy atom. The molecule has 3 N–H and O–H groups in total. The molecule has 9 heteroatoms. The summed E-state index contributed by atoms with van der Waals surface area (Å²) >= 11 is 0. The van der Waals surface area contributed by atoms with Gasteiger partial charge in [-0.3, -0.25) is 9.69 Å². The van der Waals surface area contributed by atoms with Crippen LogP contribution >= 0.6 is 0 Å². The summed E-state index contributed by atoms with van der Waals surface area (Å²) in [5.41, 5.74) is 0.903. The van der Waals surface area contributed by atoms with Crippen molar-refractivity contribution in [1.29, 1.82) is 0 Å². The van der Waals surface area contributed by atoms with E-state index in [9.17, 15) is 14.4 Å². The van der Waals surface area contributed by atoms with Crippen LogP contribution in [0.15, 0.2) is 28.7 Å². The monoisotopic (exact) mass is 373 g/mol. The summed E-state index contributed by atoms with van der Waals surface area (Å²) in [5.74, 6) is -0.372. The quantitative estimate of drug-likeness (QED) is 0.709. The number of rotatable bonds is 6. The van der Waals surface area contributed by atoms with Crippen LogP contribution in [0.3, 0.4) is 0 Å². The maximum Gasteiger partial charge on any atom is 0.339 e. The molecule has 27 heavy (non-hydrogen) atoms. The normalized spacial score (nSPS) is 13.4. The van der Waals surface area contributed by atoms with Gasteiger partial charge in [-0.2, -0.15) is 0 Å². The van der Waals surface area contributed by atoms with Gasteiger partial charge >= 0.3 is 12.0 Å². The number of hydrogen-bond acceptors (Lipinski definition) is 5. The molecule has 0 bridgehead atoms. The van der Waals surface area contributed by atoms with Crippen molar-refractivity contribution in [3.63, 3.8) is 0 Å². The molecular weight excluding hydrogens is 354 g/mol. The third-order valence-corrected chi connectivity index (χ3v) is 4.21. The van der Waals surface area contributed by atoms with Crippen molar-refractivity contribution >= 4 is 23.6 Å². The van der Waals surface area contributed by atoms with Crippen molar-refractivity contribution in [2.45, 2.75) is 13.5 Å².